The number of halogens is 2. The largest absolute Gasteiger partial charge is 0.383 e. The number of benzene rings is 1. The summed E-state index contributed by atoms with van der Waals surface area (Å²) in [6.45, 7) is 5.15. The molecule has 6 heteroatoms. The molecular formula is C15H19F2N3O. The fourth-order valence-corrected chi connectivity index (χ4v) is 2.08. The fourth-order valence-electron chi connectivity index (χ4n) is 2.08. The van der Waals surface area contributed by atoms with Gasteiger partial charge in [-0.1, -0.05) is 0 Å². The Morgan fingerprint density at radius 3 is 2.43 bits per heavy atom. The van der Waals surface area contributed by atoms with E-state index in [0.717, 1.165) is 11.4 Å². The molecule has 2 aromatic rings. The van der Waals surface area contributed by atoms with Crippen molar-refractivity contribution in [3.63, 3.8) is 0 Å². The van der Waals surface area contributed by atoms with Gasteiger partial charge in [-0.05, 0) is 31.5 Å². The van der Waals surface area contributed by atoms with Crippen molar-refractivity contribution in [3.8, 4) is 5.69 Å². The number of nitrogens with zero attached hydrogens (tertiary/aromatic N) is 2. The van der Waals surface area contributed by atoms with Crippen molar-refractivity contribution in [3.05, 3.63) is 47.0 Å². The molecule has 0 unspecified atom stereocenters. The van der Waals surface area contributed by atoms with Crippen LogP contribution in [0, 0.1) is 25.5 Å². The Hall–Kier alpha value is -1.79. The topological polar surface area (TPSA) is 39.1 Å². The Labute approximate surface area is 122 Å². The van der Waals surface area contributed by atoms with Crippen LogP contribution in [0.15, 0.2) is 18.5 Å². The monoisotopic (exact) mass is 295 g/mol. The van der Waals surface area contributed by atoms with Gasteiger partial charge in [0.1, 0.15) is 5.69 Å². The lowest BCUT2D eigenvalue weighted by Crippen LogP contribution is -2.19. The summed E-state index contributed by atoms with van der Waals surface area (Å²) in [5.41, 5.74) is 1.94. The summed E-state index contributed by atoms with van der Waals surface area (Å²) in [4.78, 5) is 4.07. The van der Waals surface area contributed by atoms with Gasteiger partial charge in [0.15, 0.2) is 11.6 Å². The zero-order valence-corrected chi connectivity index (χ0v) is 12.4. The molecule has 1 aromatic carbocycles. The van der Waals surface area contributed by atoms with Crippen molar-refractivity contribution >= 4 is 0 Å². The fraction of sp³-hybridized carbons (Fsp3) is 0.400. The smallest absolute Gasteiger partial charge is 0.150 e. The Kier molecular flexibility index (Phi) is 5.03. The molecule has 0 spiro atoms. The predicted octanol–water partition coefficient (Wildman–Crippen LogP) is 2.50. The van der Waals surface area contributed by atoms with Gasteiger partial charge in [0.05, 0.1) is 18.6 Å². The Morgan fingerprint density at radius 1 is 1.24 bits per heavy atom. The average molecular weight is 295 g/mol. The quantitative estimate of drug-likeness (QED) is 0.832. The molecule has 0 amide bonds. The molecule has 1 aromatic heterocycles. The van der Waals surface area contributed by atoms with Gasteiger partial charge in [0.25, 0.3) is 0 Å². The normalized spacial score (nSPS) is 11.1. The first kappa shape index (κ1) is 15.6. The third-order valence-electron chi connectivity index (χ3n) is 3.38. The molecule has 0 radical (unpaired) electrons. The zero-order chi connectivity index (χ0) is 15.4. The van der Waals surface area contributed by atoms with Gasteiger partial charge in [-0.2, -0.15) is 0 Å². The maximum absolute atomic E-state index is 14.2. The number of ether oxygens (including phenoxy) is 1. The van der Waals surface area contributed by atoms with E-state index < -0.39 is 11.6 Å². The van der Waals surface area contributed by atoms with Crippen molar-refractivity contribution < 1.29 is 13.5 Å². The second-order valence-corrected chi connectivity index (χ2v) is 4.86. The molecule has 0 saturated heterocycles. The molecule has 1 heterocycles. The summed E-state index contributed by atoms with van der Waals surface area (Å²) in [5, 5.41) is 3.05. The molecule has 2 rings (SSSR count). The maximum atomic E-state index is 14.2. The highest BCUT2D eigenvalue weighted by molar-refractivity contribution is 5.40. The van der Waals surface area contributed by atoms with E-state index in [1.54, 1.807) is 21.0 Å². The van der Waals surface area contributed by atoms with Gasteiger partial charge in [0, 0.05) is 25.9 Å². The second-order valence-electron chi connectivity index (χ2n) is 4.86. The SMILES string of the molecule is COCCNCc1cc(F)c(-n2cnc(C)c2C)c(F)c1. The van der Waals surface area contributed by atoms with Crippen LogP contribution in [0.5, 0.6) is 0 Å². The van der Waals surface area contributed by atoms with Crippen LogP contribution in [0.3, 0.4) is 0 Å². The highest BCUT2D eigenvalue weighted by Crippen LogP contribution is 2.22. The Balaban J connectivity index is 2.23. The summed E-state index contributed by atoms with van der Waals surface area (Å²) >= 11 is 0. The first-order valence-corrected chi connectivity index (χ1v) is 6.73. The summed E-state index contributed by atoms with van der Waals surface area (Å²) in [7, 11) is 1.60. The highest BCUT2D eigenvalue weighted by Gasteiger charge is 2.15. The van der Waals surface area contributed by atoms with Crippen molar-refractivity contribution in [2.75, 3.05) is 20.3 Å². The molecule has 1 N–H and O–H groups in total. The van der Waals surface area contributed by atoms with E-state index >= 15 is 0 Å². The van der Waals surface area contributed by atoms with Crippen LogP contribution in [-0.4, -0.2) is 29.8 Å². The Bertz CT molecular complexity index is 602. The van der Waals surface area contributed by atoms with E-state index in [4.69, 9.17) is 4.74 Å². The molecule has 0 atom stereocenters. The third-order valence-corrected chi connectivity index (χ3v) is 3.38. The minimum Gasteiger partial charge on any atom is -0.383 e. The first-order chi connectivity index (χ1) is 10.0. The van der Waals surface area contributed by atoms with Gasteiger partial charge < -0.3 is 10.1 Å². The van der Waals surface area contributed by atoms with Crippen molar-refractivity contribution in [1.29, 1.82) is 0 Å². The van der Waals surface area contributed by atoms with Gasteiger partial charge in [-0.15, -0.1) is 0 Å². The van der Waals surface area contributed by atoms with Crippen LogP contribution in [0.4, 0.5) is 8.78 Å². The van der Waals surface area contributed by atoms with Crippen molar-refractivity contribution in [1.82, 2.24) is 14.9 Å². The van der Waals surface area contributed by atoms with Gasteiger partial charge in [0.2, 0.25) is 0 Å². The first-order valence-electron chi connectivity index (χ1n) is 6.73. The molecule has 0 fully saturated rings. The number of imidazole rings is 1. The van der Waals surface area contributed by atoms with Crippen molar-refractivity contribution in [2.24, 2.45) is 0 Å². The standard InChI is InChI=1S/C15H19F2N3O/c1-10-11(2)20(9-19-10)15-13(16)6-12(7-14(15)17)8-18-4-5-21-3/h6-7,9,18H,4-5,8H2,1-3H3. The summed E-state index contributed by atoms with van der Waals surface area (Å²) < 4.78 is 34.8. The zero-order valence-electron chi connectivity index (χ0n) is 12.4. The van der Waals surface area contributed by atoms with Crippen LogP contribution in [0.2, 0.25) is 0 Å². The van der Waals surface area contributed by atoms with E-state index in [9.17, 15) is 8.78 Å². The van der Waals surface area contributed by atoms with Gasteiger partial charge in [-0.3, -0.25) is 4.57 Å². The molecule has 0 aliphatic heterocycles. The molecule has 114 valence electrons. The van der Waals surface area contributed by atoms with Crippen LogP contribution < -0.4 is 5.32 Å². The van der Waals surface area contributed by atoms with Crippen LogP contribution in [0.25, 0.3) is 5.69 Å². The average Bonchev–Trinajstić information content (AvgIpc) is 2.75. The summed E-state index contributed by atoms with van der Waals surface area (Å²) in [6, 6.07) is 2.68. The van der Waals surface area contributed by atoms with Crippen LogP contribution >= 0.6 is 0 Å². The predicted molar refractivity (Wildman–Crippen MR) is 76.5 cm³/mol. The lowest BCUT2D eigenvalue weighted by atomic mass is 10.1. The van der Waals surface area contributed by atoms with E-state index in [-0.39, 0.29) is 5.69 Å². The highest BCUT2D eigenvalue weighted by atomic mass is 19.1. The van der Waals surface area contributed by atoms with E-state index in [2.05, 4.69) is 10.3 Å². The van der Waals surface area contributed by atoms with Gasteiger partial charge >= 0.3 is 0 Å². The van der Waals surface area contributed by atoms with Gasteiger partial charge in [-0.25, -0.2) is 13.8 Å². The Morgan fingerprint density at radius 2 is 1.90 bits per heavy atom. The number of hydrogen-bond acceptors (Lipinski definition) is 3. The lowest BCUT2D eigenvalue weighted by Gasteiger charge is -2.11. The van der Waals surface area contributed by atoms with E-state index in [1.807, 2.05) is 0 Å². The molecule has 4 nitrogen and oxygen atoms in total. The molecule has 0 saturated carbocycles. The van der Waals surface area contributed by atoms with Crippen LogP contribution in [-0.2, 0) is 11.3 Å². The summed E-state index contributed by atoms with van der Waals surface area (Å²) in [6.07, 6.45) is 1.43. The molecule has 21 heavy (non-hydrogen) atoms. The summed E-state index contributed by atoms with van der Waals surface area (Å²) in [5.74, 6) is -1.20. The van der Waals surface area contributed by atoms with E-state index in [0.29, 0.717) is 25.3 Å². The number of aryl methyl sites for hydroxylation is 1. The minimum atomic E-state index is -0.598. The number of hydrogen-bond donors (Lipinski definition) is 1. The molecular weight excluding hydrogens is 276 g/mol. The number of methoxy groups -OCH3 is 1. The lowest BCUT2D eigenvalue weighted by molar-refractivity contribution is 0.199. The minimum absolute atomic E-state index is 0.0891. The molecule has 0 aliphatic rings. The van der Waals surface area contributed by atoms with Crippen LogP contribution in [0.1, 0.15) is 17.0 Å². The second kappa shape index (κ2) is 6.78. The van der Waals surface area contributed by atoms with E-state index in [1.165, 1.54) is 23.0 Å². The molecule has 0 aliphatic carbocycles. The third kappa shape index (κ3) is 3.46. The maximum Gasteiger partial charge on any atom is 0.150 e. The number of nitrogens with one attached hydrogen (secondary N) is 1. The molecule has 0 bridgehead atoms. The number of rotatable bonds is 6. The number of aromatic nitrogens is 2. The van der Waals surface area contributed by atoms with Crippen molar-refractivity contribution in [2.45, 2.75) is 20.4 Å².